The van der Waals surface area contributed by atoms with E-state index in [2.05, 4.69) is 15.0 Å². The summed E-state index contributed by atoms with van der Waals surface area (Å²) in [6.07, 6.45) is 2.29. The molecule has 0 N–H and O–H groups in total. The Labute approximate surface area is 194 Å². The Morgan fingerprint density at radius 3 is 2.62 bits per heavy atom. The lowest BCUT2D eigenvalue weighted by atomic mass is 9.98. The molecule has 1 aromatic carbocycles. The lowest BCUT2D eigenvalue weighted by Gasteiger charge is -2.36. The van der Waals surface area contributed by atoms with Crippen molar-refractivity contribution in [1.29, 1.82) is 0 Å². The second kappa shape index (κ2) is 8.70. The molecule has 34 heavy (non-hydrogen) atoms. The van der Waals surface area contributed by atoms with Gasteiger partial charge in [0.2, 0.25) is 5.88 Å². The molecular formula is C25H23F3N4O2. The highest BCUT2D eigenvalue weighted by atomic mass is 19.4. The highest BCUT2D eigenvalue weighted by Gasteiger charge is 2.50. The number of benzene rings is 1. The zero-order valence-electron chi connectivity index (χ0n) is 18.5. The number of alkyl halides is 3. The maximum atomic E-state index is 13.8. The zero-order chi connectivity index (χ0) is 23.9. The number of piperidine rings is 1. The topological polar surface area (TPSA) is 68.2 Å². The Balaban J connectivity index is 1.38. The molecule has 5 rings (SSSR count). The largest absolute Gasteiger partial charge is 0.475 e. The first kappa shape index (κ1) is 22.3. The van der Waals surface area contributed by atoms with Crippen LogP contribution in [0.2, 0.25) is 0 Å². The van der Waals surface area contributed by atoms with Crippen LogP contribution in [0.15, 0.2) is 55.0 Å². The van der Waals surface area contributed by atoms with Gasteiger partial charge in [0.1, 0.15) is 6.61 Å². The highest BCUT2D eigenvalue weighted by molar-refractivity contribution is 6.01. The lowest BCUT2D eigenvalue weighted by molar-refractivity contribution is -0.137. The molecule has 176 valence electrons. The van der Waals surface area contributed by atoms with Gasteiger partial charge in [-0.3, -0.25) is 4.79 Å². The third kappa shape index (κ3) is 4.47. The molecule has 3 unspecified atom stereocenters. The maximum absolute atomic E-state index is 13.8. The first-order valence-electron chi connectivity index (χ1n) is 11.2. The molecule has 2 aromatic heterocycles. The van der Waals surface area contributed by atoms with Crippen molar-refractivity contribution in [3.8, 4) is 17.3 Å². The molecule has 1 amide bonds. The van der Waals surface area contributed by atoms with Gasteiger partial charge in [-0.25, -0.2) is 15.0 Å². The quantitative estimate of drug-likeness (QED) is 0.531. The smallest absolute Gasteiger partial charge is 0.417 e. The normalized spacial score (nSPS) is 21.6. The number of amides is 1. The minimum atomic E-state index is -4.45. The summed E-state index contributed by atoms with van der Waals surface area (Å²) < 4.78 is 44.1. The number of aryl methyl sites for hydroxylation is 1. The number of aromatic nitrogens is 3. The van der Waals surface area contributed by atoms with Gasteiger partial charge >= 0.3 is 6.18 Å². The van der Waals surface area contributed by atoms with Crippen LogP contribution < -0.4 is 4.74 Å². The molecule has 1 aliphatic heterocycles. The third-order valence-electron chi connectivity index (χ3n) is 6.44. The summed E-state index contributed by atoms with van der Waals surface area (Å²) in [6.45, 7) is 2.09. The fourth-order valence-corrected chi connectivity index (χ4v) is 4.60. The minimum absolute atomic E-state index is 0.104. The fourth-order valence-electron chi connectivity index (χ4n) is 4.60. The minimum Gasteiger partial charge on any atom is -0.475 e. The standard InChI is InChI=1S/C25H23F3N4O2/c1-15-3-7-19(23-29-9-2-10-30-23)20(11-15)24(33)32-18(6-4-16-12-21(16)32)14-34-22-8-5-17(13-31-22)25(26,27)28/h2-3,5,7-11,13,16,18,21H,4,6,12,14H2,1H3. The van der Waals surface area contributed by atoms with Crippen LogP contribution in [0.1, 0.15) is 40.7 Å². The van der Waals surface area contributed by atoms with Gasteiger partial charge < -0.3 is 9.64 Å². The van der Waals surface area contributed by atoms with Gasteiger partial charge in [-0.1, -0.05) is 17.7 Å². The molecule has 1 saturated carbocycles. The van der Waals surface area contributed by atoms with Gasteiger partial charge in [-0.15, -0.1) is 0 Å². The molecule has 0 spiro atoms. The van der Waals surface area contributed by atoms with Crippen molar-refractivity contribution in [3.05, 3.63) is 71.7 Å². The molecule has 2 fully saturated rings. The molecule has 1 aliphatic carbocycles. The van der Waals surface area contributed by atoms with E-state index in [0.29, 0.717) is 22.9 Å². The van der Waals surface area contributed by atoms with Crippen LogP contribution in [0.5, 0.6) is 5.88 Å². The van der Waals surface area contributed by atoms with Gasteiger partial charge in [0.15, 0.2) is 5.82 Å². The van der Waals surface area contributed by atoms with Gasteiger partial charge in [-0.2, -0.15) is 13.2 Å². The SMILES string of the molecule is Cc1ccc(-c2ncccn2)c(C(=O)N2C(COc3ccc(C(F)(F)F)cn3)CCC3CC32)c1. The molecule has 0 radical (unpaired) electrons. The van der Waals surface area contributed by atoms with Crippen molar-refractivity contribution >= 4 is 5.91 Å². The van der Waals surface area contributed by atoms with Gasteiger partial charge in [-0.05, 0) is 50.3 Å². The van der Waals surface area contributed by atoms with Crippen LogP contribution in [0, 0.1) is 12.8 Å². The molecule has 0 bridgehead atoms. The van der Waals surface area contributed by atoms with Crippen molar-refractivity contribution in [2.45, 2.75) is 44.4 Å². The van der Waals surface area contributed by atoms with Gasteiger partial charge in [0.05, 0.1) is 17.2 Å². The predicted molar refractivity (Wildman–Crippen MR) is 118 cm³/mol. The van der Waals surface area contributed by atoms with Crippen LogP contribution in [0.4, 0.5) is 13.2 Å². The Bertz CT molecular complexity index is 1190. The Hall–Kier alpha value is -3.49. The van der Waals surface area contributed by atoms with E-state index in [-0.39, 0.29) is 30.5 Å². The summed E-state index contributed by atoms with van der Waals surface area (Å²) in [5.41, 5.74) is 1.33. The van der Waals surface area contributed by atoms with Crippen molar-refractivity contribution in [2.24, 2.45) is 5.92 Å². The average Bonchev–Trinajstić information content (AvgIpc) is 3.62. The number of fused-ring (bicyclic) bond motifs is 1. The lowest BCUT2D eigenvalue weighted by Crippen LogP contribution is -2.48. The van der Waals surface area contributed by atoms with E-state index in [4.69, 9.17) is 4.74 Å². The van der Waals surface area contributed by atoms with Crippen molar-refractivity contribution in [2.75, 3.05) is 6.61 Å². The molecule has 3 heterocycles. The number of pyridine rings is 1. The summed E-state index contributed by atoms with van der Waals surface area (Å²) in [7, 11) is 0. The monoisotopic (exact) mass is 468 g/mol. The maximum Gasteiger partial charge on any atom is 0.417 e. The fraction of sp³-hybridized carbons (Fsp3) is 0.360. The summed E-state index contributed by atoms with van der Waals surface area (Å²) in [6, 6.07) is 9.46. The number of hydrogen-bond donors (Lipinski definition) is 0. The number of carbonyl (C=O) groups is 1. The average molecular weight is 468 g/mol. The molecule has 1 saturated heterocycles. The molecule has 3 aromatic rings. The Morgan fingerprint density at radius 1 is 1.12 bits per heavy atom. The zero-order valence-corrected chi connectivity index (χ0v) is 18.5. The van der Waals surface area contributed by atoms with Crippen LogP contribution in [-0.2, 0) is 6.18 Å². The molecule has 3 atom stereocenters. The van der Waals surface area contributed by atoms with E-state index >= 15 is 0 Å². The summed E-state index contributed by atoms with van der Waals surface area (Å²) >= 11 is 0. The van der Waals surface area contributed by atoms with Crippen LogP contribution in [-0.4, -0.2) is 44.4 Å². The summed E-state index contributed by atoms with van der Waals surface area (Å²) in [4.78, 5) is 28.2. The van der Waals surface area contributed by atoms with Crippen molar-refractivity contribution in [1.82, 2.24) is 19.9 Å². The summed E-state index contributed by atoms with van der Waals surface area (Å²) in [5.74, 6) is 0.960. The highest BCUT2D eigenvalue weighted by Crippen LogP contribution is 2.46. The van der Waals surface area contributed by atoms with E-state index in [1.165, 1.54) is 6.07 Å². The predicted octanol–water partition coefficient (Wildman–Crippen LogP) is 4.94. The Morgan fingerprint density at radius 2 is 1.91 bits per heavy atom. The molecule has 6 nitrogen and oxygen atoms in total. The van der Waals surface area contributed by atoms with E-state index in [1.54, 1.807) is 18.5 Å². The van der Waals surface area contributed by atoms with Gasteiger partial charge in [0.25, 0.3) is 5.91 Å². The number of halogens is 3. The van der Waals surface area contributed by atoms with Crippen molar-refractivity contribution in [3.63, 3.8) is 0 Å². The van der Waals surface area contributed by atoms with Crippen LogP contribution in [0.25, 0.3) is 11.4 Å². The second-order valence-corrected chi connectivity index (χ2v) is 8.82. The number of nitrogens with zero attached hydrogens (tertiary/aromatic N) is 4. The first-order valence-corrected chi connectivity index (χ1v) is 11.2. The molecule has 9 heteroatoms. The second-order valence-electron chi connectivity index (χ2n) is 8.82. The number of ether oxygens (including phenoxy) is 1. The Kier molecular flexibility index (Phi) is 5.71. The van der Waals surface area contributed by atoms with E-state index in [0.717, 1.165) is 37.1 Å². The third-order valence-corrected chi connectivity index (χ3v) is 6.44. The summed E-state index contributed by atoms with van der Waals surface area (Å²) in [5, 5.41) is 0. The van der Waals surface area contributed by atoms with Gasteiger partial charge in [0, 0.05) is 36.3 Å². The number of carbonyl (C=O) groups excluding carboxylic acids is 1. The van der Waals surface area contributed by atoms with Crippen LogP contribution in [0.3, 0.4) is 0 Å². The van der Waals surface area contributed by atoms with Crippen molar-refractivity contribution < 1.29 is 22.7 Å². The number of likely N-dealkylation sites (tertiary alicyclic amines) is 1. The molecule has 2 aliphatic rings. The van der Waals surface area contributed by atoms with E-state index in [1.807, 2.05) is 30.0 Å². The van der Waals surface area contributed by atoms with Crippen LogP contribution >= 0.6 is 0 Å². The van der Waals surface area contributed by atoms with E-state index < -0.39 is 11.7 Å². The number of hydrogen-bond acceptors (Lipinski definition) is 5. The number of rotatable bonds is 5. The molecular weight excluding hydrogens is 445 g/mol. The van der Waals surface area contributed by atoms with E-state index in [9.17, 15) is 18.0 Å². The first-order chi connectivity index (χ1) is 16.3.